The van der Waals surface area contributed by atoms with Crippen molar-refractivity contribution in [3.63, 3.8) is 0 Å². The number of rotatable bonds is 5. The molecule has 0 aliphatic carbocycles. The van der Waals surface area contributed by atoms with E-state index in [-0.39, 0.29) is 0 Å². The number of fused-ring (bicyclic) bond motifs is 1. The molecule has 0 N–H and O–H groups in total. The van der Waals surface area contributed by atoms with Gasteiger partial charge in [0.2, 0.25) is 0 Å². The number of carbonyl (C=O) groups is 1. The minimum absolute atomic E-state index is 0.376. The van der Waals surface area contributed by atoms with Crippen LogP contribution in [0.1, 0.15) is 24.5 Å². The summed E-state index contributed by atoms with van der Waals surface area (Å²) in [4.78, 5) is 21.7. The quantitative estimate of drug-likeness (QED) is 0.787. The summed E-state index contributed by atoms with van der Waals surface area (Å²) in [5, 5.41) is 1.01. The molecule has 2 aromatic rings. The highest BCUT2D eigenvalue weighted by atomic mass is 16.5. The molecule has 0 atom stereocenters. The lowest BCUT2D eigenvalue weighted by Gasteiger charge is -2.30. The number of methoxy groups -OCH3 is 2. The van der Waals surface area contributed by atoms with E-state index in [4.69, 9.17) is 9.47 Å². The van der Waals surface area contributed by atoms with Crippen molar-refractivity contribution in [3.8, 4) is 11.5 Å². The van der Waals surface area contributed by atoms with E-state index in [0.29, 0.717) is 24.0 Å². The Kier molecular flexibility index (Phi) is 4.71. The Bertz CT molecular complexity index is 697. The molecule has 0 amide bonds. The van der Waals surface area contributed by atoms with E-state index in [1.54, 1.807) is 20.5 Å². The minimum Gasteiger partial charge on any atom is -0.493 e. The summed E-state index contributed by atoms with van der Waals surface area (Å²) in [6, 6.07) is 3.85. The molecule has 3 rings (SSSR count). The van der Waals surface area contributed by atoms with Crippen LogP contribution in [0, 0.1) is 0 Å². The van der Waals surface area contributed by atoms with Crippen LogP contribution in [-0.4, -0.2) is 55.0 Å². The molecule has 6 heteroatoms. The largest absolute Gasteiger partial charge is 0.493 e. The van der Waals surface area contributed by atoms with Gasteiger partial charge < -0.3 is 14.3 Å². The zero-order valence-corrected chi connectivity index (χ0v) is 13.5. The van der Waals surface area contributed by atoms with Crippen LogP contribution < -0.4 is 9.47 Å². The van der Waals surface area contributed by atoms with E-state index in [1.165, 1.54) is 0 Å². The first kappa shape index (κ1) is 15.7. The van der Waals surface area contributed by atoms with Gasteiger partial charge in [0.05, 0.1) is 32.0 Å². The average Bonchev–Trinajstić information content (AvgIpc) is 2.61. The molecule has 0 saturated carbocycles. The average molecular weight is 315 g/mol. The summed E-state index contributed by atoms with van der Waals surface area (Å²) < 4.78 is 10.8. The third-order valence-corrected chi connectivity index (χ3v) is 4.48. The highest BCUT2D eigenvalue weighted by Gasteiger charge is 2.23. The van der Waals surface area contributed by atoms with Crippen LogP contribution in [0.5, 0.6) is 11.5 Å². The number of ether oxygens (including phenoxy) is 2. The van der Waals surface area contributed by atoms with Crippen LogP contribution in [0.15, 0.2) is 18.5 Å². The molecule has 1 aromatic heterocycles. The van der Waals surface area contributed by atoms with Crippen molar-refractivity contribution in [2.24, 2.45) is 0 Å². The second-order valence-corrected chi connectivity index (χ2v) is 5.72. The van der Waals surface area contributed by atoms with Crippen molar-refractivity contribution < 1.29 is 14.3 Å². The van der Waals surface area contributed by atoms with Crippen LogP contribution in [-0.2, 0) is 4.79 Å². The van der Waals surface area contributed by atoms with Crippen molar-refractivity contribution in [2.75, 3.05) is 33.9 Å². The fourth-order valence-electron chi connectivity index (χ4n) is 3.22. The van der Waals surface area contributed by atoms with Crippen molar-refractivity contribution >= 4 is 17.2 Å². The maximum absolute atomic E-state index is 10.6. The van der Waals surface area contributed by atoms with Gasteiger partial charge in [-0.05, 0) is 32.0 Å². The summed E-state index contributed by atoms with van der Waals surface area (Å²) in [6.07, 6.45) is 4.57. The number of piperidine rings is 1. The zero-order chi connectivity index (χ0) is 16.2. The first-order valence-electron chi connectivity index (χ1n) is 7.79. The van der Waals surface area contributed by atoms with E-state index >= 15 is 0 Å². The van der Waals surface area contributed by atoms with Gasteiger partial charge in [-0.2, -0.15) is 0 Å². The van der Waals surface area contributed by atoms with E-state index in [1.807, 2.05) is 12.1 Å². The SMILES string of the molecule is COc1cc2ncnc(C3CCN(CC=O)CC3)c2cc1OC. The Hall–Kier alpha value is -2.21. The third-order valence-electron chi connectivity index (χ3n) is 4.48. The lowest BCUT2D eigenvalue weighted by Crippen LogP contribution is -2.34. The smallest absolute Gasteiger partial charge is 0.162 e. The number of hydrogen-bond donors (Lipinski definition) is 0. The van der Waals surface area contributed by atoms with Gasteiger partial charge in [-0.3, -0.25) is 4.90 Å². The summed E-state index contributed by atoms with van der Waals surface area (Å²) >= 11 is 0. The second-order valence-electron chi connectivity index (χ2n) is 5.72. The molecule has 0 bridgehead atoms. The molecule has 0 spiro atoms. The van der Waals surface area contributed by atoms with Crippen molar-refractivity contribution in [3.05, 3.63) is 24.2 Å². The monoisotopic (exact) mass is 315 g/mol. The van der Waals surface area contributed by atoms with E-state index in [2.05, 4.69) is 14.9 Å². The molecule has 1 aliphatic rings. The maximum atomic E-state index is 10.6. The number of benzene rings is 1. The Labute approximate surface area is 135 Å². The zero-order valence-electron chi connectivity index (χ0n) is 13.5. The lowest BCUT2D eigenvalue weighted by atomic mass is 9.91. The molecule has 6 nitrogen and oxygen atoms in total. The number of nitrogens with zero attached hydrogens (tertiary/aromatic N) is 3. The van der Waals surface area contributed by atoms with Gasteiger partial charge in [0.25, 0.3) is 0 Å². The number of aldehydes is 1. The molecule has 122 valence electrons. The fourth-order valence-corrected chi connectivity index (χ4v) is 3.22. The summed E-state index contributed by atoms with van der Waals surface area (Å²) in [5.74, 6) is 1.74. The molecule has 23 heavy (non-hydrogen) atoms. The predicted molar refractivity (Wildman–Crippen MR) is 87.1 cm³/mol. The Morgan fingerprint density at radius 3 is 2.52 bits per heavy atom. The van der Waals surface area contributed by atoms with Crippen LogP contribution >= 0.6 is 0 Å². The van der Waals surface area contributed by atoms with E-state index in [9.17, 15) is 4.79 Å². The number of likely N-dealkylation sites (tertiary alicyclic amines) is 1. The van der Waals surface area contributed by atoms with Crippen LogP contribution in [0.3, 0.4) is 0 Å². The van der Waals surface area contributed by atoms with Crippen molar-refractivity contribution in [1.82, 2.24) is 14.9 Å². The molecular formula is C17H21N3O3. The standard InChI is InChI=1S/C17H21N3O3/c1-22-15-9-13-14(10-16(15)23-2)18-11-19-17(13)12-3-5-20(6-4-12)7-8-21/h8-12H,3-7H2,1-2H3. The van der Waals surface area contributed by atoms with E-state index < -0.39 is 0 Å². The Balaban J connectivity index is 1.93. The highest BCUT2D eigenvalue weighted by Crippen LogP contribution is 2.36. The van der Waals surface area contributed by atoms with Gasteiger partial charge in [-0.1, -0.05) is 0 Å². The van der Waals surface area contributed by atoms with Crippen LogP contribution in [0.25, 0.3) is 10.9 Å². The molecule has 2 heterocycles. The topological polar surface area (TPSA) is 64.6 Å². The highest BCUT2D eigenvalue weighted by molar-refractivity contribution is 5.85. The number of hydrogen-bond acceptors (Lipinski definition) is 6. The summed E-state index contributed by atoms with van der Waals surface area (Å²) in [6.45, 7) is 2.35. The summed E-state index contributed by atoms with van der Waals surface area (Å²) in [7, 11) is 3.25. The molecule has 1 fully saturated rings. The van der Waals surface area contributed by atoms with Gasteiger partial charge in [0, 0.05) is 17.4 Å². The fraction of sp³-hybridized carbons (Fsp3) is 0.471. The number of aromatic nitrogens is 2. The molecular weight excluding hydrogens is 294 g/mol. The minimum atomic E-state index is 0.376. The lowest BCUT2D eigenvalue weighted by molar-refractivity contribution is -0.109. The third kappa shape index (κ3) is 3.12. The molecule has 1 aliphatic heterocycles. The maximum Gasteiger partial charge on any atom is 0.162 e. The van der Waals surface area contributed by atoms with Gasteiger partial charge in [-0.25, -0.2) is 9.97 Å². The molecule has 1 saturated heterocycles. The van der Waals surface area contributed by atoms with Crippen molar-refractivity contribution in [1.29, 1.82) is 0 Å². The summed E-state index contributed by atoms with van der Waals surface area (Å²) in [5.41, 5.74) is 1.92. The van der Waals surface area contributed by atoms with Gasteiger partial charge in [0.15, 0.2) is 11.5 Å². The second kappa shape index (κ2) is 6.91. The van der Waals surface area contributed by atoms with Gasteiger partial charge >= 0.3 is 0 Å². The van der Waals surface area contributed by atoms with Crippen LogP contribution in [0.4, 0.5) is 0 Å². The Morgan fingerprint density at radius 1 is 1.17 bits per heavy atom. The first-order chi connectivity index (χ1) is 11.3. The van der Waals surface area contributed by atoms with Gasteiger partial charge in [-0.15, -0.1) is 0 Å². The Morgan fingerprint density at radius 2 is 1.87 bits per heavy atom. The normalized spacial score (nSPS) is 16.4. The first-order valence-corrected chi connectivity index (χ1v) is 7.79. The van der Waals surface area contributed by atoms with E-state index in [0.717, 1.165) is 48.8 Å². The van der Waals surface area contributed by atoms with Crippen molar-refractivity contribution in [2.45, 2.75) is 18.8 Å². The molecule has 0 unspecified atom stereocenters. The number of carbonyl (C=O) groups excluding carboxylic acids is 1. The van der Waals surface area contributed by atoms with Gasteiger partial charge in [0.1, 0.15) is 12.6 Å². The molecule has 1 aromatic carbocycles. The van der Waals surface area contributed by atoms with Crippen LogP contribution in [0.2, 0.25) is 0 Å². The predicted octanol–water partition coefficient (Wildman–Crippen LogP) is 2.03. The molecule has 0 radical (unpaired) electrons.